The number of ketones is 1. The van der Waals surface area contributed by atoms with Gasteiger partial charge in [-0.1, -0.05) is 111 Å². The number of carbonyl (C=O) groups excluding carboxylic acids is 3. The molecule has 0 bridgehead atoms. The quantitative estimate of drug-likeness (QED) is 0.0808. The number of hydrogen-bond donors (Lipinski definition) is 2. The van der Waals surface area contributed by atoms with Crippen LogP contribution < -0.4 is 10.2 Å². The number of carbonyl (C=O) groups is 3. The number of allylic oxidation sites excluding steroid dienone is 2. The zero-order valence-electron chi connectivity index (χ0n) is 38.1. The second-order valence-electron chi connectivity index (χ2n) is 13.0. The molecule has 1 aliphatic heterocycles. The Balaban J connectivity index is 0.00000163. The molecule has 0 aromatic heterocycles. The molecule has 10 nitrogen and oxygen atoms in total. The van der Waals surface area contributed by atoms with Gasteiger partial charge in [0.1, 0.15) is 11.6 Å². The lowest BCUT2D eigenvalue weighted by Crippen LogP contribution is -2.29. The van der Waals surface area contributed by atoms with Crippen LogP contribution in [0.2, 0.25) is 0 Å². The molecule has 340 valence electrons. The highest BCUT2D eigenvalue weighted by molar-refractivity contribution is 5.98. The van der Waals surface area contributed by atoms with Crippen molar-refractivity contribution >= 4 is 24.0 Å². The lowest BCUT2D eigenvalue weighted by molar-refractivity contribution is -0.126. The average Bonchev–Trinajstić information content (AvgIpc) is 3.63. The van der Waals surface area contributed by atoms with Crippen molar-refractivity contribution in [2.75, 3.05) is 54.7 Å². The van der Waals surface area contributed by atoms with E-state index in [0.717, 1.165) is 27.8 Å². The number of amides is 2. The Bertz CT molecular complexity index is 2020. The van der Waals surface area contributed by atoms with Gasteiger partial charge in [-0.15, -0.1) is 0 Å². The minimum absolute atomic E-state index is 0.0698. The molecule has 2 atom stereocenters. The molecule has 0 spiro atoms. The minimum atomic E-state index is -0.567. The Kier molecular flexibility index (Phi) is 30.6. The highest BCUT2D eigenvalue weighted by Crippen LogP contribution is 2.41. The topological polar surface area (TPSA) is 124 Å². The van der Waals surface area contributed by atoms with Crippen molar-refractivity contribution in [3.63, 3.8) is 0 Å². The van der Waals surface area contributed by atoms with E-state index in [9.17, 15) is 23.5 Å². The number of anilines is 1. The van der Waals surface area contributed by atoms with Gasteiger partial charge in [0.25, 0.3) is 6.47 Å². The van der Waals surface area contributed by atoms with Crippen molar-refractivity contribution in [2.45, 2.75) is 45.7 Å². The van der Waals surface area contributed by atoms with Gasteiger partial charge in [0.15, 0.2) is 5.78 Å². The van der Waals surface area contributed by atoms with Crippen LogP contribution in [0.5, 0.6) is 5.75 Å². The summed E-state index contributed by atoms with van der Waals surface area (Å²) in [6, 6.07) is 35.5. The lowest BCUT2D eigenvalue weighted by atomic mass is 9.91. The Labute approximate surface area is 372 Å². The van der Waals surface area contributed by atoms with Crippen molar-refractivity contribution in [3.8, 4) is 28.0 Å². The Morgan fingerprint density at radius 3 is 1.70 bits per heavy atom. The number of phenols is 1. The number of aromatic hydroxyl groups is 1. The first kappa shape index (κ1) is 56.5. The van der Waals surface area contributed by atoms with Gasteiger partial charge in [0.2, 0.25) is 0 Å². The molecule has 1 aliphatic rings. The normalized spacial score (nSPS) is 13.1. The maximum atomic E-state index is 13.5. The Morgan fingerprint density at radius 2 is 1.24 bits per heavy atom. The van der Waals surface area contributed by atoms with Gasteiger partial charge >= 0.3 is 6.03 Å². The molecule has 2 unspecified atom stereocenters. The summed E-state index contributed by atoms with van der Waals surface area (Å²) in [5.74, 6) is -0.476. The number of nitrogens with one attached hydrogen (secondary N) is 1. The van der Waals surface area contributed by atoms with Crippen molar-refractivity contribution < 1.29 is 47.2 Å². The molecular formula is C51H64F2N2O8. The van der Waals surface area contributed by atoms with E-state index in [-0.39, 0.29) is 24.0 Å². The number of nitrogens with zero attached hydrogens (tertiary/aromatic N) is 1. The van der Waals surface area contributed by atoms with Gasteiger partial charge in [-0.3, -0.25) is 14.5 Å². The third-order valence-electron chi connectivity index (χ3n) is 8.33. The number of Topliss-reactive ketones (excluding diaryl/α,β-unsaturated/α-hetero) is 1. The van der Waals surface area contributed by atoms with Crippen LogP contribution in [0.3, 0.4) is 0 Å². The van der Waals surface area contributed by atoms with E-state index in [1.54, 1.807) is 53.6 Å². The van der Waals surface area contributed by atoms with Crippen LogP contribution in [0.25, 0.3) is 22.3 Å². The van der Waals surface area contributed by atoms with Crippen LogP contribution in [0.4, 0.5) is 19.3 Å². The molecule has 1 heterocycles. The molecule has 2 N–H and O–H groups in total. The number of hydrogen-bond acceptors (Lipinski definition) is 8. The van der Waals surface area contributed by atoms with Crippen molar-refractivity contribution in [1.82, 2.24) is 5.32 Å². The summed E-state index contributed by atoms with van der Waals surface area (Å²) in [4.78, 5) is 37.1. The fourth-order valence-electron chi connectivity index (χ4n) is 5.76. The highest BCUT2D eigenvalue weighted by Gasteiger charge is 2.42. The number of methoxy groups -OCH3 is 4. The maximum Gasteiger partial charge on any atom is 0.322 e. The first-order valence-corrected chi connectivity index (χ1v) is 19.9. The summed E-state index contributed by atoms with van der Waals surface area (Å²) in [6.45, 7) is 9.62. The van der Waals surface area contributed by atoms with E-state index >= 15 is 0 Å². The second-order valence-corrected chi connectivity index (χ2v) is 13.0. The number of benzene rings is 5. The predicted octanol–water partition coefficient (Wildman–Crippen LogP) is 11.7. The molecule has 1 saturated heterocycles. The highest BCUT2D eigenvalue weighted by atomic mass is 19.1. The number of aryl methyl sites for hydroxylation is 1. The Hall–Kier alpha value is -6.47. The van der Waals surface area contributed by atoms with E-state index in [0.29, 0.717) is 36.0 Å². The smallest absolute Gasteiger partial charge is 0.322 e. The van der Waals surface area contributed by atoms with E-state index in [2.05, 4.69) is 30.8 Å². The number of halogens is 2. The molecular weight excluding hydrogens is 807 g/mol. The molecule has 63 heavy (non-hydrogen) atoms. The van der Waals surface area contributed by atoms with Crippen LogP contribution in [0, 0.1) is 12.7 Å². The van der Waals surface area contributed by atoms with E-state index in [4.69, 9.17) is 4.79 Å². The lowest BCUT2D eigenvalue weighted by Gasteiger charge is -2.28. The monoisotopic (exact) mass is 870 g/mol. The fraction of sp³-hybridized carbons (Fsp3) is 0.275. The molecule has 0 radical (unpaired) electrons. The van der Waals surface area contributed by atoms with Gasteiger partial charge in [0.05, 0.1) is 25.5 Å². The molecule has 6 rings (SSSR count). The van der Waals surface area contributed by atoms with Gasteiger partial charge < -0.3 is 29.4 Å². The summed E-state index contributed by atoms with van der Waals surface area (Å²) in [5, 5.41) is 14.4. The standard InChI is InChI=1S/C37H31FN2O3.C4H5F.C2H4O2.3C2H6O.C2H6/c1-24-7-9-27(10-8-24)29-15-20-32(35(42)23-29)36-33(21-22-34(41)28-11-16-30(38)17-12-28)39-37(43)40(36)31-18-13-26(14-19-31)25-5-3-2-4-6-25;1-2-3-4-5;1-4-2-3;3*1-3-2;1-2/h2-20,23,33,36,42H,21-22H2,1H3,(H,39,43);2-4H,1H2;2H,1H3;3*1-2H3;1-2H3/b;4-3+;;;;;. The van der Waals surface area contributed by atoms with Gasteiger partial charge in [-0.05, 0) is 84.1 Å². The summed E-state index contributed by atoms with van der Waals surface area (Å²) >= 11 is 0. The predicted molar refractivity (Wildman–Crippen MR) is 251 cm³/mol. The number of ether oxygens (including phenoxy) is 4. The number of phenolic OH excluding ortho intramolecular Hbond substituents is 1. The molecule has 0 aliphatic carbocycles. The zero-order chi connectivity index (χ0) is 47.6. The van der Waals surface area contributed by atoms with Crippen molar-refractivity contribution in [1.29, 1.82) is 0 Å². The van der Waals surface area contributed by atoms with Crippen LogP contribution in [-0.2, 0) is 23.7 Å². The maximum absolute atomic E-state index is 13.5. The first-order valence-electron chi connectivity index (χ1n) is 19.9. The second kappa shape index (κ2) is 34.2. The van der Waals surface area contributed by atoms with Crippen LogP contribution in [-0.4, -0.2) is 79.2 Å². The number of rotatable bonds is 10. The Morgan fingerprint density at radius 1 is 0.762 bits per heavy atom. The molecule has 5 aromatic rings. The molecule has 1 fully saturated rings. The average molecular weight is 871 g/mol. The first-order chi connectivity index (χ1) is 30.4. The molecule has 12 heteroatoms. The van der Waals surface area contributed by atoms with Gasteiger partial charge in [-0.2, -0.15) is 0 Å². The largest absolute Gasteiger partial charge is 0.508 e. The fourth-order valence-corrected chi connectivity index (χ4v) is 5.76. The third kappa shape index (κ3) is 20.3. The van der Waals surface area contributed by atoms with Crippen molar-refractivity contribution in [3.05, 3.63) is 169 Å². The van der Waals surface area contributed by atoms with Gasteiger partial charge in [-0.25, -0.2) is 13.6 Å². The van der Waals surface area contributed by atoms with E-state index < -0.39 is 17.9 Å². The van der Waals surface area contributed by atoms with Crippen LogP contribution in [0.1, 0.15) is 54.2 Å². The summed E-state index contributed by atoms with van der Waals surface area (Å²) in [7, 11) is 11.1. The van der Waals surface area contributed by atoms with Crippen LogP contribution in [0.15, 0.2) is 146 Å². The molecule has 5 aromatic carbocycles. The number of urea groups is 1. The minimum Gasteiger partial charge on any atom is -0.508 e. The molecule has 0 saturated carbocycles. The SMILES string of the molecule is C=C/C=C/F.CC.COC.COC.COC.COC=O.Cc1ccc(-c2ccc(C3C(CCC(=O)c4ccc(F)cc4)NC(=O)N3c3ccc(-c4ccccc4)cc3)c(O)c2)cc1. The van der Waals surface area contributed by atoms with Crippen molar-refractivity contribution in [2.24, 2.45) is 0 Å². The summed E-state index contributed by atoms with van der Waals surface area (Å²) in [5.41, 5.74) is 6.75. The van der Waals surface area contributed by atoms with Crippen LogP contribution >= 0.6 is 0 Å². The van der Waals surface area contributed by atoms with Gasteiger partial charge in [0, 0.05) is 65.9 Å². The summed E-state index contributed by atoms with van der Waals surface area (Å²) in [6.07, 6.45) is 3.52. The zero-order valence-corrected chi connectivity index (χ0v) is 38.1. The summed E-state index contributed by atoms with van der Waals surface area (Å²) < 4.78 is 40.7. The third-order valence-corrected chi connectivity index (χ3v) is 8.33. The molecule has 2 amide bonds. The van der Waals surface area contributed by atoms with E-state index in [1.165, 1.54) is 43.5 Å². The van der Waals surface area contributed by atoms with E-state index in [1.807, 2.05) is 112 Å².